The number of rotatable bonds is 2. The molecular weight excluding hydrogens is 218 g/mol. The third-order valence-electron chi connectivity index (χ3n) is 2.61. The molecule has 15 heavy (non-hydrogen) atoms. The summed E-state index contributed by atoms with van der Waals surface area (Å²) in [6.45, 7) is 0.755. The Balaban J connectivity index is 2.35. The summed E-state index contributed by atoms with van der Waals surface area (Å²) in [7, 11) is 1.66. The third-order valence-corrected chi connectivity index (χ3v) is 2.89. The van der Waals surface area contributed by atoms with Gasteiger partial charge in [-0.25, -0.2) is 0 Å². The van der Waals surface area contributed by atoms with Crippen molar-refractivity contribution in [3.63, 3.8) is 0 Å². The SMILES string of the molecule is Cn1ncc(Cl)c1C(=O)C1(N)CCOC1. The highest BCUT2D eigenvalue weighted by atomic mass is 35.5. The number of aryl methyl sites for hydroxylation is 1. The number of aromatic nitrogens is 2. The lowest BCUT2D eigenvalue weighted by atomic mass is 9.92. The van der Waals surface area contributed by atoms with Gasteiger partial charge < -0.3 is 10.5 Å². The molecule has 1 fully saturated rings. The van der Waals surface area contributed by atoms with Crippen LogP contribution in [0.3, 0.4) is 0 Å². The van der Waals surface area contributed by atoms with E-state index in [0.29, 0.717) is 23.7 Å². The largest absolute Gasteiger partial charge is 0.379 e. The zero-order valence-electron chi connectivity index (χ0n) is 8.36. The second-order valence-electron chi connectivity index (χ2n) is 3.75. The van der Waals surface area contributed by atoms with Crippen LogP contribution in [0.15, 0.2) is 6.20 Å². The van der Waals surface area contributed by atoms with Crippen molar-refractivity contribution in [2.24, 2.45) is 12.8 Å². The highest BCUT2D eigenvalue weighted by Crippen LogP contribution is 2.24. The smallest absolute Gasteiger partial charge is 0.204 e. The van der Waals surface area contributed by atoms with Crippen LogP contribution in [0, 0.1) is 0 Å². The molecule has 2 N–H and O–H groups in total. The minimum Gasteiger partial charge on any atom is -0.379 e. The van der Waals surface area contributed by atoms with E-state index in [-0.39, 0.29) is 12.4 Å². The van der Waals surface area contributed by atoms with Crippen molar-refractivity contribution in [2.45, 2.75) is 12.0 Å². The molecule has 0 aliphatic carbocycles. The molecule has 1 aliphatic rings. The Kier molecular flexibility index (Phi) is 2.54. The highest BCUT2D eigenvalue weighted by Gasteiger charge is 2.40. The maximum Gasteiger partial charge on any atom is 0.204 e. The monoisotopic (exact) mass is 229 g/mol. The van der Waals surface area contributed by atoms with Crippen LogP contribution in [-0.2, 0) is 11.8 Å². The molecule has 1 unspecified atom stereocenters. The van der Waals surface area contributed by atoms with E-state index in [1.54, 1.807) is 7.05 Å². The Hall–Kier alpha value is -0.910. The molecule has 0 bridgehead atoms. The van der Waals surface area contributed by atoms with E-state index in [1.165, 1.54) is 10.9 Å². The normalized spacial score (nSPS) is 25.8. The number of hydrogen-bond donors (Lipinski definition) is 1. The molecule has 2 rings (SSSR count). The molecule has 0 saturated carbocycles. The summed E-state index contributed by atoms with van der Waals surface area (Å²) in [6.07, 6.45) is 1.96. The lowest BCUT2D eigenvalue weighted by Crippen LogP contribution is -2.49. The van der Waals surface area contributed by atoms with Crippen LogP contribution < -0.4 is 5.73 Å². The second-order valence-corrected chi connectivity index (χ2v) is 4.16. The van der Waals surface area contributed by atoms with Gasteiger partial charge in [0.05, 0.1) is 17.8 Å². The van der Waals surface area contributed by atoms with Gasteiger partial charge in [0.15, 0.2) is 0 Å². The number of hydrogen-bond acceptors (Lipinski definition) is 4. The van der Waals surface area contributed by atoms with Gasteiger partial charge in [0.2, 0.25) is 5.78 Å². The zero-order chi connectivity index (χ0) is 11.1. The molecule has 0 amide bonds. The zero-order valence-corrected chi connectivity index (χ0v) is 9.12. The quantitative estimate of drug-likeness (QED) is 0.744. The summed E-state index contributed by atoms with van der Waals surface area (Å²) in [5, 5.41) is 4.24. The van der Waals surface area contributed by atoms with Gasteiger partial charge in [0.1, 0.15) is 11.2 Å². The van der Waals surface area contributed by atoms with Crippen LogP contribution in [0.5, 0.6) is 0 Å². The molecule has 0 spiro atoms. The Morgan fingerprint density at radius 2 is 2.53 bits per heavy atom. The lowest BCUT2D eigenvalue weighted by molar-refractivity contribution is 0.0853. The van der Waals surface area contributed by atoms with Crippen molar-refractivity contribution in [1.82, 2.24) is 9.78 Å². The number of carbonyl (C=O) groups excluding carboxylic acids is 1. The topological polar surface area (TPSA) is 70.1 Å². The molecule has 1 atom stereocenters. The number of carbonyl (C=O) groups is 1. The molecule has 2 heterocycles. The van der Waals surface area contributed by atoms with E-state index in [2.05, 4.69) is 5.10 Å². The van der Waals surface area contributed by atoms with E-state index >= 15 is 0 Å². The second kappa shape index (κ2) is 3.59. The van der Waals surface area contributed by atoms with E-state index < -0.39 is 5.54 Å². The molecule has 6 heteroatoms. The lowest BCUT2D eigenvalue weighted by Gasteiger charge is -2.19. The summed E-state index contributed by atoms with van der Waals surface area (Å²) in [4.78, 5) is 12.1. The average Bonchev–Trinajstić information content (AvgIpc) is 2.75. The summed E-state index contributed by atoms with van der Waals surface area (Å²) in [5.74, 6) is -0.204. The molecule has 0 aromatic carbocycles. The molecule has 82 valence electrons. The predicted octanol–water partition coefficient (Wildman–Crippen LogP) is 0.374. The van der Waals surface area contributed by atoms with Crippen LogP contribution >= 0.6 is 11.6 Å². The molecule has 0 radical (unpaired) electrons. The van der Waals surface area contributed by atoms with Crippen molar-refractivity contribution in [2.75, 3.05) is 13.2 Å². The van der Waals surface area contributed by atoms with Gasteiger partial charge >= 0.3 is 0 Å². The fourth-order valence-corrected chi connectivity index (χ4v) is 1.91. The molecular formula is C9H12ClN3O2. The molecule has 5 nitrogen and oxygen atoms in total. The number of ether oxygens (including phenoxy) is 1. The molecule has 1 aromatic heterocycles. The first-order chi connectivity index (χ1) is 7.04. The van der Waals surface area contributed by atoms with Crippen molar-refractivity contribution in [3.05, 3.63) is 16.9 Å². The van der Waals surface area contributed by atoms with Crippen LogP contribution in [0.4, 0.5) is 0 Å². The Bertz CT molecular complexity index is 377. The summed E-state index contributed by atoms with van der Waals surface area (Å²) < 4.78 is 6.58. The van der Waals surface area contributed by atoms with Gasteiger partial charge in [-0.05, 0) is 6.42 Å². The standard InChI is InChI=1S/C9H12ClN3O2/c1-13-7(6(10)4-12-13)8(14)9(11)2-3-15-5-9/h4H,2-3,5,11H2,1H3. The van der Waals surface area contributed by atoms with Crippen LogP contribution in [0.1, 0.15) is 16.9 Å². The fraction of sp³-hybridized carbons (Fsp3) is 0.556. The van der Waals surface area contributed by atoms with Crippen molar-refractivity contribution in [1.29, 1.82) is 0 Å². The fourth-order valence-electron chi connectivity index (χ4n) is 1.66. The summed E-state index contributed by atoms with van der Waals surface area (Å²) in [5.41, 5.74) is 5.36. The first kappa shape index (κ1) is 10.6. The van der Waals surface area contributed by atoms with E-state index in [1.807, 2.05) is 0 Å². The van der Waals surface area contributed by atoms with Crippen LogP contribution in [0.25, 0.3) is 0 Å². The first-order valence-electron chi connectivity index (χ1n) is 4.63. The Labute approximate surface area is 92.1 Å². The molecule has 1 saturated heterocycles. The van der Waals surface area contributed by atoms with E-state index in [0.717, 1.165) is 0 Å². The maximum absolute atomic E-state index is 12.1. The minimum atomic E-state index is -0.947. The van der Waals surface area contributed by atoms with E-state index in [4.69, 9.17) is 22.1 Å². The van der Waals surface area contributed by atoms with Gasteiger partial charge in [0, 0.05) is 13.7 Å². The van der Waals surface area contributed by atoms with Crippen molar-refractivity contribution >= 4 is 17.4 Å². The van der Waals surface area contributed by atoms with Crippen molar-refractivity contribution in [3.8, 4) is 0 Å². The number of ketones is 1. The number of nitrogens with two attached hydrogens (primary N) is 1. The Morgan fingerprint density at radius 1 is 1.80 bits per heavy atom. The van der Waals surface area contributed by atoms with Gasteiger partial charge in [-0.1, -0.05) is 11.6 Å². The van der Waals surface area contributed by atoms with Crippen molar-refractivity contribution < 1.29 is 9.53 Å². The van der Waals surface area contributed by atoms with Gasteiger partial charge in [0.25, 0.3) is 0 Å². The predicted molar refractivity (Wildman–Crippen MR) is 54.9 cm³/mol. The first-order valence-corrected chi connectivity index (χ1v) is 5.01. The van der Waals surface area contributed by atoms with Gasteiger partial charge in [-0.2, -0.15) is 5.10 Å². The number of nitrogens with zero attached hydrogens (tertiary/aromatic N) is 2. The van der Waals surface area contributed by atoms with Gasteiger partial charge in [-0.15, -0.1) is 0 Å². The molecule has 1 aromatic rings. The molecule has 1 aliphatic heterocycles. The summed E-state index contributed by atoms with van der Waals surface area (Å²) >= 11 is 5.88. The van der Waals surface area contributed by atoms with E-state index in [9.17, 15) is 4.79 Å². The number of halogens is 1. The minimum absolute atomic E-state index is 0.204. The maximum atomic E-state index is 12.1. The van der Waals surface area contributed by atoms with Gasteiger partial charge in [-0.3, -0.25) is 9.48 Å². The third kappa shape index (κ3) is 1.67. The van der Waals surface area contributed by atoms with Crippen LogP contribution in [0.2, 0.25) is 5.02 Å². The Morgan fingerprint density at radius 3 is 3.00 bits per heavy atom. The average molecular weight is 230 g/mol. The highest BCUT2D eigenvalue weighted by molar-refractivity contribution is 6.34. The van der Waals surface area contributed by atoms with Crippen LogP contribution in [-0.4, -0.2) is 34.3 Å². The summed E-state index contributed by atoms with van der Waals surface area (Å²) in [6, 6.07) is 0. The number of Topliss-reactive ketones (excluding diaryl/α,β-unsaturated/α-hetero) is 1.